The van der Waals surface area contributed by atoms with Crippen molar-refractivity contribution in [1.82, 2.24) is 4.98 Å². The van der Waals surface area contributed by atoms with E-state index in [-0.39, 0.29) is 12.1 Å². The average Bonchev–Trinajstić information content (AvgIpc) is 3.41. The van der Waals surface area contributed by atoms with E-state index >= 15 is 0 Å². The van der Waals surface area contributed by atoms with Crippen LogP contribution in [0.1, 0.15) is 5.56 Å². The molecule has 1 aromatic heterocycles. The van der Waals surface area contributed by atoms with Crippen LogP contribution in [-0.4, -0.2) is 30.3 Å². The number of pyridine rings is 1. The Morgan fingerprint density at radius 1 is 1.13 bits per heavy atom. The predicted molar refractivity (Wildman–Crippen MR) is 89.0 cm³/mol. The number of epoxide rings is 1. The molecule has 0 amide bonds. The third kappa shape index (κ3) is 2.94. The summed E-state index contributed by atoms with van der Waals surface area (Å²) in [4.78, 5) is 16.5. The first-order chi connectivity index (χ1) is 11.3. The van der Waals surface area contributed by atoms with Crippen molar-refractivity contribution in [2.45, 2.75) is 6.10 Å². The van der Waals surface area contributed by atoms with Crippen LogP contribution in [0.2, 0.25) is 0 Å². The number of nitrogens with zero attached hydrogens (tertiary/aromatic N) is 1. The summed E-state index contributed by atoms with van der Waals surface area (Å²) in [5.74, 6) is -0.356. The van der Waals surface area contributed by atoms with Gasteiger partial charge in [0.05, 0.1) is 17.6 Å². The normalized spacial score (nSPS) is 17.0. The molecule has 1 aliphatic rings. The van der Waals surface area contributed by atoms with Crippen LogP contribution in [-0.2, 0) is 14.3 Å². The van der Waals surface area contributed by atoms with Crippen LogP contribution in [0.5, 0.6) is 0 Å². The SMILES string of the molecule is O=C(C=Cc1c2ccccc2nc2ccccc12)OCC1CO1. The number of esters is 1. The second-order valence-corrected chi connectivity index (χ2v) is 5.48. The van der Waals surface area contributed by atoms with Crippen molar-refractivity contribution in [3.63, 3.8) is 0 Å². The first-order valence-electron chi connectivity index (χ1n) is 7.55. The molecule has 4 rings (SSSR count). The summed E-state index contributed by atoms with van der Waals surface area (Å²) in [6.45, 7) is 0.998. The molecule has 0 saturated carbocycles. The molecule has 4 nitrogen and oxygen atoms in total. The molecular weight excluding hydrogens is 290 g/mol. The molecule has 4 heteroatoms. The molecule has 0 spiro atoms. The maximum atomic E-state index is 11.8. The Hall–Kier alpha value is -2.72. The largest absolute Gasteiger partial charge is 0.460 e. The molecule has 0 radical (unpaired) electrons. The average molecular weight is 305 g/mol. The van der Waals surface area contributed by atoms with Crippen molar-refractivity contribution in [2.24, 2.45) is 0 Å². The quantitative estimate of drug-likeness (QED) is 0.321. The maximum absolute atomic E-state index is 11.8. The fourth-order valence-corrected chi connectivity index (χ4v) is 2.59. The fraction of sp³-hybridized carbons (Fsp3) is 0.158. The Kier molecular flexibility index (Phi) is 3.52. The molecule has 1 atom stereocenters. The Bertz CT molecular complexity index is 859. The van der Waals surface area contributed by atoms with E-state index in [9.17, 15) is 4.79 Å². The van der Waals surface area contributed by atoms with E-state index in [0.717, 1.165) is 27.4 Å². The lowest BCUT2D eigenvalue weighted by atomic mass is 10.0. The second-order valence-electron chi connectivity index (χ2n) is 5.48. The Balaban J connectivity index is 1.74. The smallest absolute Gasteiger partial charge is 0.330 e. The minimum Gasteiger partial charge on any atom is -0.460 e. The standard InChI is InChI=1S/C19H15NO3/c21-19(23-12-13-11-22-13)10-9-14-15-5-1-3-7-17(15)20-18-8-4-2-6-16(14)18/h1-10,13H,11-12H2. The van der Waals surface area contributed by atoms with Gasteiger partial charge in [-0.25, -0.2) is 9.78 Å². The van der Waals surface area contributed by atoms with Gasteiger partial charge in [-0.15, -0.1) is 0 Å². The van der Waals surface area contributed by atoms with Gasteiger partial charge in [0.15, 0.2) is 0 Å². The van der Waals surface area contributed by atoms with E-state index < -0.39 is 0 Å². The number of fused-ring (bicyclic) bond motifs is 2. The van der Waals surface area contributed by atoms with Gasteiger partial charge in [0.1, 0.15) is 12.7 Å². The van der Waals surface area contributed by atoms with Crippen LogP contribution in [0.3, 0.4) is 0 Å². The topological polar surface area (TPSA) is 51.7 Å². The molecule has 1 saturated heterocycles. The number of carbonyl (C=O) groups excluding carboxylic acids is 1. The van der Waals surface area contributed by atoms with Crippen molar-refractivity contribution < 1.29 is 14.3 Å². The van der Waals surface area contributed by atoms with Crippen LogP contribution < -0.4 is 0 Å². The van der Waals surface area contributed by atoms with Gasteiger partial charge < -0.3 is 9.47 Å². The zero-order valence-electron chi connectivity index (χ0n) is 12.4. The van der Waals surface area contributed by atoms with Crippen LogP contribution in [0, 0.1) is 0 Å². The number of rotatable bonds is 4. The molecular formula is C19H15NO3. The van der Waals surface area contributed by atoms with Gasteiger partial charge in [0.25, 0.3) is 0 Å². The summed E-state index contributed by atoms with van der Waals surface area (Å²) < 4.78 is 10.2. The third-order valence-corrected chi connectivity index (χ3v) is 3.83. The van der Waals surface area contributed by atoms with E-state index in [1.54, 1.807) is 0 Å². The Labute approximate surface area is 133 Å². The first kappa shape index (κ1) is 13.9. The van der Waals surface area contributed by atoms with Gasteiger partial charge in [-0.05, 0) is 23.8 Å². The number of benzene rings is 2. The van der Waals surface area contributed by atoms with Crippen molar-refractivity contribution >= 4 is 33.9 Å². The van der Waals surface area contributed by atoms with E-state index in [1.165, 1.54) is 6.08 Å². The highest BCUT2D eigenvalue weighted by Crippen LogP contribution is 2.27. The molecule has 1 aliphatic heterocycles. The summed E-state index contributed by atoms with van der Waals surface area (Å²) in [6.07, 6.45) is 3.36. The number of para-hydroxylation sites is 2. The lowest BCUT2D eigenvalue weighted by Gasteiger charge is -2.07. The highest BCUT2D eigenvalue weighted by atomic mass is 16.6. The lowest BCUT2D eigenvalue weighted by molar-refractivity contribution is -0.138. The van der Waals surface area contributed by atoms with E-state index in [0.29, 0.717) is 13.2 Å². The summed E-state index contributed by atoms with van der Waals surface area (Å²) >= 11 is 0. The molecule has 0 bridgehead atoms. The number of aromatic nitrogens is 1. The van der Waals surface area contributed by atoms with Crippen LogP contribution in [0.4, 0.5) is 0 Å². The second kappa shape index (κ2) is 5.82. The number of carbonyl (C=O) groups is 1. The van der Waals surface area contributed by atoms with Crippen molar-refractivity contribution in [3.8, 4) is 0 Å². The fourth-order valence-electron chi connectivity index (χ4n) is 2.59. The molecule has 0 aliphatic carbocycles. The highest BCUT2D eigenvalue weighted by molar-refractivity contribution is 6.04. The zero-order valence-corrected chi connectivity index (χ0v) is 12.4. The van der Waals surface area contributed by atoms with Crippen molar-refractivity contribution in [2.75, 3.05) is 13.2 Å². The van der Waals surface area contributed by atoms with Gasteiger partial charge in [0, 0.05) is 16.8 Å². The summed E-state index contributed by atoms with van der Waals surface area (Å²) in [5.41, 5.74) is 2.79. The minimum absolute atomic E-state index is 0.0786. The van der Waals surface area contributed by atoms with Gasteiger partial charge in [-0.1, -0.05) is 36.4 Å². The van der Waals surface area contributed by atoms with Gasteiger partial charge >= 0.3 is 5.97 Å². The van der Waals surface area contributed by atoms with Crippen molar-refractivity contribution in [1.29, 1.82) is 0 Å². The summed E-state index contributed by atoms with van der Waals surface area (Å²) in [7, 11) is 0. The highest BCUT2D eigenvalue weighted by Gasteiger charge is 2.23. The third-order valence-electron chi connectivity index (χ3n) is 3.83. The molecule has 23 heavy (non-hydrogen) atoms. The first-order valence-corrected chi connectivity index (χ1v) is 7.55. The van der Waals surface area contributed by atoms with Gasteiger partial charge in [-0.2, -0.15) is 0 Å². The number of hydrogen-bond donors (Lipinski definition) is 0. The zero-order chi connectivity index (χ0) is 15.6. The number of ether oxygens (including phenoxy) is 2. The molecule has 1 fully saturated rings. The predicted octanol–water partition coefficient (Wildman–Crippen LogP) is 3.34. The maximum Gasteiger partial charge on any atom is 0.330 e. The van der Waals surface area contributed by atoms with Gasteiger partial charge in [-0.3, -0.25) is 0 Å². The van der Waals surface area contributed by atoms with Crippen LogP contribution in [0.25, 0.3) is 27.9 Å². The van der Waals surface area contributed by atoms with Gasteiger partial charge in [0.2, 0.25) is 0 Å². The molecule has 3 aromatic rings. The molecule has 114 valence electrons. The van der Waals surface area contributed by atoms with E-state index in [1.807, 2.05) is 54.6 Å². The molecule has 2 heterocycles. The summed E-state index contributed by atoms with van der Waals surface area (Å²) in [6, 6.07) is 15.8. The summed E-state index contributed by atoms with van der Waals surface area (Å²) in [5, 5.41) is 2.03. The molecule has 2 aromatic carbocycles. The molecule has 0 N–H and O–H groups in total. The Morgan fingerprint density at radius 3 is 2.35 bits per heavy atom. The van der Waals surface area contributed by atoms with E-state index in [4.69, 9.17) is 9.47 Å². The van der Waals surface area contributed by atoms with Crippen LogP contribution in [0.15, 0.2) is 54.6 Å². The van der Waals surface area contributed by atoms with Crippen molar-refractivity contribution in [3.05, 3.63) is 60.2 Å². The minimum atomic E-state index is -0.356. The molecule has 1 unspecified atom stereocenters. The Morgan fingerprint density at radius 2 is 1.74 bits per heavy atom. The monoisotopic (exact) mass is 305 g/mol. The van der Waals surface area contributed by atoms with Crippen LogP contribution >= 0.6 is 0 Å². The number of hydrogen-bond acceptors (Lipinski definition) is 4. The van der Waals surface area contributed by atoms with E-state index in [2.05, 4.69) is 4.98 Å². The lowest BCUT2D eigenvalue weighted by Crippen LogP contribution is -2.06.